The highest BCUT2D eigenvalue weighted by Gasteiger charge is 2.33. The van der Waals surface area contributed by atoms with E-state index < -0.39 is 30.0 Å². The summed E-state index contributed by atoms with van der Waals surface area (Å²) < 4.78 is 29.1. The number of hydrogen-bond donors (Lipinski definition) is 2. The fraction of sp³-hybridized carbons (Fsp3) is 0.292. The van der Waals surface area contributed by atoms with Crippen molar-refractivity contribution in [3.63, 3.8) is 0 Å². The number of oxime groups is 1. The van der Waals surface area contributed by atoms with Crippen LogP contribution in [0.5, 0.6) is 0 Å². The van der Waals surface area contributed by atoms with Crippen LogP contribution < -0.4 is 11.1 Å². The van der Waals surface area contributed by atoms with Gasteiger partial charge in [0.05, 0.1) is 17.1 Å². The van der Waals surface area contributed by atoms with Gasteiger partial charge >= 0.3 is 0 Å². The summed E-state index contributed by atoms with van der Waals surface area (Å²) in [5.74, 6) is -1.36. The highest BCUT2D eigenvalue weighted by molar-refractivity contribution is 7.21. The van der Waals surface area contributed by atoms with Gasteiger partial charge < -0.3 is 15.9 Å². The molecule has 0 aliphatic carbocycles. The first-order valence-electron chi connectivity index (χ1n) is 11.4. The van der Waals surface area contributed by atoms with Gasteiger partial charge in [0.2, 0.25) is 6.10 Å². The first-order valence-corrected chi connectivity index (χ1v) is 13.0. The number of nitrogens with two attached hydrogens (primary N) is 1. The first-order chi connectivity index (χ1) is 17.7. The molecule has 5 rings (SSSR count). The Balaban J connectivity index is 1.52. The van der Waals surface area contributed by atoms with Crippen LogP contribution in [-0.4, -0.2) is 38.4 Å². The third-order valence-corrected chi connectivity index (χ3v) is 8.06. The molecule has 37 heavy (non-hydrogen) atoms. The zero-order chi connectivity index (χ0) is 26.4. The molecule has 0 fully saturated rings. The molecule has 1 aliphatic heterocycles. The molecule has 0 saturated heterocycles. The highest BCUT2D eigenvalue weighted by atomic mass is 32.1. The number of hydrogen-bond acceptors (Lipinski definition) is 8. The van der Waals surface area contributed by atoms with Crippen LogP contribution in [0.1, 0.15) is 51.3 Å². The van der Waals surface area contributed by atoms with Gasteiger partial charge in [-0.05, 0) is 39.0 Å². The molecular formula is C24H22F2N6O3S2. The van der Waals surface area contributed by atoms with Crippen LogP contribution in [0.25, 0.3) is 20.7 Å². The van der Waals surface area contributed by atoms with Crippen molar-refractivity contribution in [3.05, 3.63) is 51.1 Å². The molecule has 1 aliphatic rings. The number of primary amides is 1. The average molecular weight is 545 g/mol. The number of amides is 2. The number of nitrogens with zero attached hydrogens (tertiary/aromatic N) is 4. The molecule has 192 valence electrons. The van der Waals surface area contributed by atoms with Crippen molar-refractivity contribution in [2.24, 2.45) is 10.9 Å². The number of pyridine rings is 1. The van der Waals surface area contributed by atoms with Crippen LogP contribution >= 0.6 is 22.7 Å². The molecule has 3 N–H and O–H groups in total. The predicted molar refractivity (Wildman–Crippen MR) is 138 cm³/mol. The van der Waals surface area contributed by atoms with Gasteiger partial charge in [0.25, 0.3) is 18.2 Å². The number of carbonyl (C=O) groups excluding carboxylic acids is 2. The minimum atomic E-state index is -2.82. The normalized spacial score (nSPS) is 15.3. The van der Waals surface area contributed by atoms with E-state index in [2.05, 4.69) is 20.6 Å². The summed E-state index contributed by atoms with van der Waals surface area (Å²) in [5, 5.41) is 11.6. The van der Waals surface area contributed by atoms with E-state index in [1.807, 2.05) is 33.0 Å². The molecule has 1 unspecified atom stereocenters. The fourth-order valence-electron chi connectivity index (χ4n) is 4.14. The summed E-state index contributed by atoms with van der Waals surface area (Å²) >= 11 is 2.26. The van der Waals surface area contributed by atoms with Crippen LogP contribution in [-0.2, 0) is 16.2 Å². The van der Waals surface area contributed by atoms with Crippen LogP contribution in [0.3, 0.4) is 0 Å². The molecule has 1 atom stereocenters. The Labute approximate surface area is 217 Å². The third kappa shape index (κ3) is 4.60. The van der Waals surface area contributed by atoms with Gasteiger partial charge in [0.1, 0.15) is 15.4 Å². The zero-order valence-corrected chi connectivity index (χ0v) is 21.7. The molecular weight excluding hydrogens is 522 g/mol. The number of aromatic nitrogens is 3. The average Bonchev–Trinajstić information content (AvgIpc) is 3.64. The van der Waals surface area contributed by atoms with E-state index in [9.17, 15) is 18.4 Å². The lowest BCUT2D eigenvalue weighted by Crippen LogP contribution is -2.29. The number of alkyl halides is 2. The Kier molecular flexibility index (Phi) is 6.50. The van der Waals surface area contributed by atoms with Gasteiger partial charge in [-0.15, -0.1) is 22.7 Å². The topological polar surface area (TPSA) is 124 Å². The summed E-state index contributed by atoms with van der Waals surface area (Å²) in [7, 11) is 0. The molecule has 5 heterocycles. The van der Waals surface area contributed by atoms with Gasteiger partial charge in [0.15, 0.2) is 0 Å². The second-order valence-electron chi connectivity index (χ2n) is 8.47. The molecule has 0 aromatic carbocycles. The molecule has 4 aromatic heterocycles. The van der Waals surface area contributed by atoms with Crippen LogP contribution in [0.4, 0.5) is 14.5 Å². The molecule has 0 radical (unpaired) electrons. The van der Waals surface area contributed by atoms with E-state index in [4.69, 9.17) is 10.6 Å². The Hall–Kier alpha value is -3.71. The quantitative estimate of drug-likeness (QED) is 0.338. The van der Waals surface area contributed by atoms with Crippen molar-refractivity contribution in [1.82, 2.24) is 14.8 Å². The van der Waals surface area contributed by atoms with Gasteiger partial charge in [-0.1, -0.05) is 5.16 Å². The SMILES string of the molecule is CCn1cc(C2=NOC(C(=O)Nc3c(C(N)=O)sc4nc(C(F)F)cc(-c5ccc(C)s5)c34)C2)c(C)n1. The number of rotatable bonds is 7. The smallest absolute Gasteiger partial charge is 0.280 e. The maximum atomic E-state index is 13.7. The van der Waals surface area contributed by atoms with Crippen molar-refractivity contribution in [2.45, 2.75) is 46.3 Å². The van der Waals surface area contributed by atoms with Crippen molar-refractivity contribution >= 4 is 56.1 Å². The van der Waals surface area contributed by atoms with E-state index in [1.54, 1.807) is 10.7 Å². The summed E-state index contributed by atoms with van der Waals surface area (Å²) in [6, 6.07) is 4.95. The second-order valence-corrected chi connectivity index (χ2v) is 10.8. The Morgan fingerprint density at radius 1 is 1.27 bits per heavy atom. The predicted octanol–water partition coefficient (Wildman–Crippen LogP) is 5.03. The minimum absolute atomic E-state index is 0.0102. The van der Waals surface area contributed by atoms with E-state index in [0.717, 1.165) is 27.5 Å². The lowest BCUT2D eigenvalue weighted by atomic mass is 10.0. The van der Waals surface area contributed by atoms with Crippen LogP contribution in [0, 0.1) is 13.8 Å². The molecule has 4 aromatic rings. The number of thiophene rings is 2. The molecule has 0 saturated carbocycles. The first kappa shape index (κ1) is 25.0. The van der Waals surface area contributed by atoms with Crippen molar-refractivity contribution in [2.75, 3.05) is 5.32 Å². The standard InChI is InChI=1S/C24H22F2N6O3S2/c1-4-32-9-13(11(3)30-32)14-8-16(35-31-14)23(34)29-19-18-12(17-6-5-10(2)36-17)7-15(21(25)26)28-24(18)37-20(19)22(27)33/h5-7,9,16,21H,4,8H2,1-3H3,(H2,27,33)(H,29,34). The zero-order valence-electron chi connectivity index (χ0n) is 20.0. The molecule has 13 heteroatoms. The molecule has 0 bridgehead atoms. The van der Waals surface area contributed by atoms with E-state index in [-0.39, 0.29) is 21.8 Å². The molecule has 9 nitrogen and oxygen atoms in total. The largest absolute Gasteiger partial charge is 0.382 e. The third-order valence-electron chi connectivity index (χ3n) is 5.93. The Bertz CT molecular complexity index is 1570. The Morgan fingerprint density at radius 3 is 2.68 bits per heavy atom. The number of aryl methyl sites for hydroxylation is 3. The lowest BCUT2D eigenvalue weighted by molar-refractivity contribution is -0.125. The van der Waals surface area contributed by atoms with Gasteiger partial charge in [0, 0.05) is 45.4 Å². The maximum absolute atomic E-state index is 13.7. The second kappa shape index (κ2) is 9.63. The van der Waals surface area contributed by atoms with Gasteiger partial charge in [-0.3, -0.25) is 14.3 Å². The van der Waals surface area contributed by atoms with Gasteiger partial charge in [-0.25, -0.2) is 13.8 Å². The maximum Gasteiger partial charge on any atom is 0.280 e. The van der Waals surface area contributed by atoms with Gasteiger partial charge in [-0.2, -0.15) is 5.10 Å². The molecule has 2 amide bonds. The van der Waals surface area contributed by atoms with Crippen molar-refractivity contribution < 1.29 is 23.2 Å². The van der Waals surface area contributed by atoms with E-state index >= 15 is 0 Å². The summed E-state index contributed by atoms with van der Waals surface area (Å²) in [6.07, 6.45) is -1.74. The monoisotopic (exact) mass is 544 g/mol. The van der Waals surface area contributed by atoms with Crippen molar-refractivity contribution in [1.29, 1.82) is 0 Å². The van der Waals surface area contributed by atoms with Crippen molar-refractivity contribution in [3.8, 4) is 10.4 Å². The number of carbonyl (C=O) groups is 2. The highest BCUT2D eigenvalue weighted by Crippen LogP contribution is 2.44. The minimum Gasteiger partial charge on any atom is -0.382 e. The fourth-order valence-corrected chi connectivity index (χ4v) is 6.04. The van der Waals surface area contributed by atoms with Crippen LogP contribution in [0.2, 0.25) is 0 Å². The number of fused-ring (bicyclic) bond motifs is 1. The van der Waals surface area contributed by atoms with E-state index in [1.165, 1.54) is 17.4 Å². The number of nitrogens with one attached hydrogen (secondary N) is 1. The summed E-state index contributed by atoms with van der Waals surface area (Å²) in [4.78, 5) is 36.9. The summed E-state index contributed by atoms with van der Waals surface area (Å²) in [6.45, 7) is 6.40. The Morgan fingerprint density at radius 2 is 2.05 bits per heavy atom. The number of halogens is 2. The van der Waals surface area contributed by atoms with E-state index in [0.29, 0.717) is 28.1 Å². The lowest BCUT2D eigenvalue weighted by Gasteiger charge is -2.12. The number of anilines is 1. The molecule has 0 spiro atoms. The summed E-state index contributed by atoms with van der Waals surface area (Å²) in [5.41, 5.74) is 7.88. The van der Waals surface area contributed by atoms with Crippen LogP contribution in [0.15, 0.2) is 29.6 Å².